The van der Waals surface area contributed by atoms with E-state index >= 15 is 0 Å². The first-order valence-electron chi connectivity index (χ1n) is 3.26. The third kappa shape index (κ3) is 8.59. The molecule has 0 aromatic carbocycles. The third-order valence-corrected chi connectivity index (χ3v) is 3.15. The molecule has 0 amide bonds. The number of hydrogen-bond donors (Lipinski definition) is 4. The quantitative estimate of drug-likeness (QED) is 0.547. The molecule has 1 unspecified atom stereocenters. The summed E-state index contributed by atoms with van der Waals surface area (Å²) in [6.45, 7) is 4.57. The predicted molar refractivity (Wildman–Crippen MR) is 45.8 cm³/mol. The van der Waals surface area contributed by atoms with Crippen LogP contribution in [0.3, 0.4) is 0 Å². The fourth-order valence-electron chi connectivity index (χ4n) is 0.532. The van der Waals surface area contributed by atoms with Gasteiger partial charge in [-0.25, -0.2) is 14.0 Å². The summed E-state index contributed by atoms with van der Waals surface area (Å²) in [6, 6.07) is 0. The van der Waals surface area contributed by atoms with E-state index in [0.29, 0.717) is 0 Å². The lowest BCUT2D eigenvalue weighted by molar-refractivity contribution is 0.0974. The second kappa shape index (κ2) is 3.79. The van der Waals surface area contributed by atoms with Crippen LogP contribution >= 0.6 is 15.6 Å². The van der Waals surface area contributed by atoms with Gasteiger partial charge in [0.2, 0.25) is 0 Å². The van der Waals surface area contributed by atoms with Crippen molar-refractivity contribution in [3.63, 3.8) is 0 Å². The van der Waals surface area contributed by atoms with Crippen LogP contribution in [0.25, 0.3) is 0 Å². The molecule has 80 valence electrons. The van der Waals surface area contributed by atoms with Crippen molar-refractivity contribution in [2.75, 3.05) is 0 Å². The van der Waals surface area contributed by atoms with Crippen LogP contribution in [0.5, 0.6) is 0 Å². The molecule has 4 N–H and O–H groups in total. The molecule has 1 atom stereocenters. The normalized spacial score (nSPS) is 18.3. The average molecular weight is 233 g/mol. The average Bonchev–Trinajstić information content (AvgIpc) is 1.43. The molecule has 0 aliphatic heterocycles. The van der Waals surface area contributed by atoms with E-state index in [4.69, 9.17) is 19.8 Å². The van der Waals surface area contributed by atoms with Gasteiger partial charge in [0, 0.05) is 0 Å². The lowest BCUT2D eigenvalue weighted by atomic mass is 10.2. The van der Waals surface area contributed by atoms with E-state index < -0.39 is 21.2 Å². The highest BCUT2D eigenvalue weighted by molar-refractivity contribution is 7.61. The summed E-state index contributed by atoms with van der Waals surface area (Å²) in [5, 5.41) is 6.97. The molecule has 0 spiro atoms. The van der Waals surface area contributed by atoms with Crippen LogP contribution in [0.4, 0.5) is 0 Å². The largest absolute Gasteiger partial charge is 0.477 e. The van der Waals surface area contributed by atoms with Crippen molar-refractivity contribution in [1.82, 2.24) is 0 Å². The minimum absolute atomic E-state index is 0.903. The van der Waals surface area contributed by atoms with Crippen molar-refractivity contribution in [3.8, 4) is 0 Å². The van der Waals surface area contributed by atoms with E-state index in [1.807, 2.05) is 0 Å². The molecule has 0 saturated carbocycles. The van der Waals surface area contributed by atoms with E-state index in [1.54, 1.807) is 0 Å². The molecule has 7 nitrogen and oxygen atoms in total. The molecule has 0 heterocycles. The van der Waals surface area contributed by atoms with Gasteiger partial charge >= 0.3 is 15.6 Å². The summed E-state index contributed by atoms with van der Waals surface area (Å²) in [5.41, 5.74) is -0.903. The highest BCUT2D eigenvalue weighted by Gasteiger charge is 2.32. The van der Waals surface area contributed by atoms with Crippen molar-refractivity contribution < 1.29 is 28.1 Å². The molecule has 0 aliphatic carbocycles. The van der Waals surface area contributed by atoms with Crippen molar-refractivity contribution in [2.45, 2.75) is 26.4 Å². The Hall–Kier alpha value is 0.260. The molecule has 0 aromatic rings. The van der Waals surface area contributed by atoms with Gasteiger partial charge in [-0.05, 0) is 20.8 Å². The van der Waals surface area contributed by atoms with Crippen LogP contribution in [-0.2, 0) is 13.4 Å². The maximum Gasteiger partial charge on any atom is 0.477 e. The number of rotatable bonds is 3. The summed E-state index contributed by atoms with van der Waals surface area (Å²) in [6.07, 6.45) is 0. The van der Waals surface area contributed by atoms with Crippen molar-refractivity contribution in [3.05, 3.63) is 0 Å². The molecule has 13 heavy (non-hydrogen) atoms. The first-order valence-corrected chi connectivity index (χ1v) is 6.37. The standard InChI is InChI=1S/C4H13NO6P2/c1-4(2,3)10-12(5,6)11-13(7,8)9/h1-3H3,(H2,5,6)(H2,7,8,9). The van der Waals surface area contributed by atoms with Gasteiger partial charge in [0.05, 0.1) is 5.60 Å². The fourth-order valence-corrected chi connectivity index (χ4v) is 2.56. The van der Waals surface area contributed by atoms with Crippen LogP contribution in [0.15, 0.2) is 0 Å². The zero-order chi connectivity index (χ0) is 10.9. The molecule has 9 heteroatoms. The molecule has 0 rings (SSSR count). The van der Waals surface area contributed by atoms with Crippen LogP contribution in [-0.4, -0.2) is 20.3 Å². The van der Waals surface area contributed by atoms with E-state index in [2.05, 4.69) is 8.83 Å². The van der Waals surface area contributed by atoms with Gasteiger partial charge in [-0.1, -0.05) is 0 Å². The monoisotopic (exact) mass is 233 g/mol. The SMILES string of the molecule is CC(C)(C)OP(=N)(O)OP(=O)(O)O. The van der Waals surface area contributed by atoms with E-state index in [0.717, 1.165) is 0 Å². The summed E-state index contributed by atoms with van der Waals surface area (Å²) >= 11 is 0. The Balaban J connectivity index is 4.44. The fraction of sp³-hybridized carbons (Fsp3) is 1.00. The second-order valence-electron chi connectivity index (χ2n) is 3.30. The van der Waals surface area contributed by atoms with Gasteiger partial charge in [0.15, 0.2) is 0 Å². The van der Waals surface area contributed by atoms with Crippen LogP contribution < -0.4 is 0 Å². The highest BCUT2D eigenvalue weighted by atomic mass is 31.3. The van der Waals surface area contributed by atoms with Gasteiger partial charge in [0.1, 0.15) is 0 Å². The van der Waals surface area contributed by atoms with E-state index in [-0.39, 0.29) is 0 Å². The zero-order valence-electron chi connectivity index (χ0n) is 7.46. The second-order valence-corrected chi connectivity index (χ2v) is 6.15. The number of nitrogens with one attached hydrogen (secondary N) is 1. The van der Waals surface area contributed by atoms with Gasteiger partial charge < -0.3 is 14.7 Å². The Kier molecular flexibility index (Phi) is 3.86. The van der Waals surface area contributed by atoms with Crippen LogP contribution in [0.1, 0.15) is 20.8 Å². The molecule has 0 bridgehead atoms. The maximum absolute atomic E-state index is 10.3. The number of hydrogen-bond acceptors (Lipinski definition) is 4. The number of phosphoric acid groups is 1. The van der Waals surface area contributed by atoms with Crippen LogP contribution in [0.2, 0.25) is 0 Å². The topological polar surface area (TPSA) is 120 Å². The molecule has 0 saturated heterocycles. The molecule has 0 fully saturated rings. The van der Waals surface area contributed by atoms with E-state index in [9.17, 15) is 4.57 Å². The van der Waals surface area contributed by atoms with Gasteiger partial charge in [-0.2, -0.15) is 0 Å². The van der Waals surface area contributed by atoms with E-state index in [1.165, 1.54) is 20.8 Å². The molecule has 0 aliphatic rings. The third-order valence-electron chi connectivity index (χ3n) is 0.615. The molecular weight excluding hydrogens is 220 g/mol. The Morgan fingerprint density at radius 2 is 1.62 bits per heavy atom. The summed E-state index contributed by atoms with van der Waals surface area (Å²) < 4.78 is 18.7. The minimum Gasteiger partial charge on any atom is -0.318 e. The lowest BCUT2D eigenvalue weighted by Gasteiger charge is -2.24. The first kappa shape index (κ1) is 13.3. The Morgan fingerprint density at radius 3 is 1.85 bits per heavy atom. The lowest BCUT2D eigenvalue weighted by Crippen LogP contribution is -2.17. The highest BCUT2D eigenvalue weighted by Crippen LogP contribution is 2.59. The van der Waals surface area contributed by atoms with Gasteiger partial charge in [0.25, 0.3) is 0 Å². The van der Waals surface area contributed by atoms with Gasteiger partial charge in [-0.3, -0.25) is 4.52 Å². The van der Waals surface area contributed by atoms with Crippen molar-refractivity contribution in [2.24, 2.45) is 0 Å². The first-order chi connectivity index (χ1) is 5.41. The van der Waals surface area contributed by atoms with Crippen molar-refractivity contribution >= 4 is 15.6 Å². The van der Waals surface area contributed by atoms with Crippen molar-refractivity contribution in [1.29, 1.82) is 5.16 Å². The molecule has 0 aromatic heterocycles. The molecule has 0 radical (unpaired) electrons. The smallest absolute Gasteiger partial charge is 0.318 e. The van der Waals surface area contributed by atoms with Gasteiger partial charge in [-0.15, -0.1) is 0 Å². The summed E-state index contributed by atoms with van der Waals surface area (Å²) in [5.74, 6) is 0. The van der Waals surface area contributed by atoms with Crippen LogP contribution in [0, 0.1) is 5.16 Å². The Labute approximate surface area is 76.0 Å². The minimum atomic E-state index is -4.89. The Bertz CT molecular complexity index is 264. The zero-order valence-corrected chi connectivity index (χ0v) is 9.25. The predicted octanol–water partition coefficient (Wildman–Crippen LogP) is 1.43. The molecular formula is C4H13NO6P2. The Morgan fingerprint density at radius 1 is 1.23 bits per heavy atom. The summed E-state index contributed by atoms with van der Waals surface area (Å²) in [4.78, 5) is 25.6. The maximum atomic E-state index is 10.3. The summed E-state index contributed by atoms with van der Waals surface area (Å²) in [7, 11) is -9.09.